The predicted octanol–water partition coefficient (Wildman–Crippen LogP) is 1.89. The molecule has 0 aromatic heterocycles. The fourth-order valence-corrected chi connectivity index (χ4v) is 3.31. The summed E-state index contributed by atoms with van der Waals surface area (Å²) in [6.07, 6.45) is 12.0. The van der Waals surface area contributed by atoms with E-state index in [9.17, 15) is 0 Å². The van der Waals surface area contributed by atoms with Crippen LogP contribution >= 0.6 is 0 Å². The summed E-state index contributed by atoms with van der Waals surface area (Å²) in [5, 5.41) is 0. The summed E-state index contributed by atoms with van der Waals surface area (Å²) in [6, 6.07) is 0.298. The van der Waals surface area contributed by atoms with Crippen molar-refractivity contribution < 1.29 is 0 Å². The van der Waals surface area contributed by atoms with Crippen molar-refractivity contribution in [1.29, 1.82) is 0 Å². The van der Waals surface area contributed by atoms with Crippen LogP contribution in [-0.4, -0.2) is 29.6 Å². The summed E-state index contributed by atoms with van der Waals surface area (Å²) in [5.74, 6) is 8.50. The van der Waals surface area contributed by atoms with Gasteiger partial charge >= 0.3 is 0 Å². The number of hydrogen-bond donors (Lipinski definition) is 2. The second-order valence-electron chi connectivity index (χ2n) is 4.97. The third kappa shape index (κ3) is 3.01. The Morgan fingerprint density at radius 2 is 1.94 bits per heavy atom. The lowest BCUT2D eigenvalue weighted by Crippen LogP contribution is -2.61. The van der Waals surface area contributed by atoms with Crippen LogP contribution in [0.5, 0.6) is 0 Å². The van der Waals surface area contributed by atoms with Gasteiger partial charge < -0.3 is 0 Å². The van der Waals surface area contributed by atoms with Crippen LogP contribution < -0.4 is 11.3 Å². The lowest BCUT2D eigenvalue weighted by molar-refractivity contribution is 0.0592. The second-order valence-corrected chi connectivity index (χ2v) is 4.97. The zero-order valence-corrected chi connectivity index (χ0v) is 11.3. The molecule has 1 unspecified atom stereocenters. The highest BCUT2D eigenvalue weighted by molar-refractivity contribution is 5.01. The Hall–Kier alpha value is -0.560. The molecule has 98 valence electrons. The lowest BCUT2D eigenvalue weighted by atomic mass is 9.81. The molecule has 3 nitrogen and oxygen atoms in total. The smallest absolute Gasteiger partial charge is 0.0403 e. The minimum atomic E-state index is 0.183. The first-order valence-electron chi connectivity index (χ1n) is 6.89. The molecule has 0 aromatic rings. The van der Waals surface area contributed by atoms with Gasteiger partial charge in [-0.25, -0.2) is 0 Å². The standard InChI is InChI=1S/C14H27N3/c1-4-7-10-13(16-15)14(5-2,6-3)17-11-8-9-12-17/h1,13,16H,5-12,15H2,2-3H3. The third-order valence-electron chi connectivity index (χ3n) is 4.39. The summed E-state index contributed by atoms with van der Waals surface area (Å²) >= 11 is 0. The Morgan fingerprint density at radius 1 is 1.35 bits per heavy atom. The van der Waals surface area contributed by atoms with Crippen molar-refractivity contribution >= 4 is 0 Å². The Bertz CT molecular complexity index is 247. The number of nitrogens with one attached hydrogen (secondary N) is 1. The molecule has 3 N–H and O–H groups in total. The van der Waals surface area contributed by atoms with E-state index in [1.54, 1.807) is 0 Å². The van der Waals surface area contributed by atoms with E-state index in [0.29, 0.717) is 6.04 Å². The summed E-state index contributed by atoms with van der Waals surface area (Å²) < 4.78 is 0. The molecule has 1 heterocycles. The Labute approximate surface area is 106 Å². The summed E-state index contributed by atoms with van der Waals surface area (Å²) in [7, 11) is 0. The number of likely N-dealkylation sites (tertiary alicyclic amines) is 1. The first kappa shape index (κ1) is 14.5. The molecule has 1 atom stereocenters. The highest BCUT2D eigenvalue weighted by atomic mass is 15.3. The minimum Gasteiger partial charge on any atom is -0.296 e. The lowest BCUT2D eigenvalue weighted by Gasteiger charge is -2.46. The Morgan fingerprint density at radius 3 is 2.35 bits per heavy atom. The van der Waals surface area contributed by atoms with Gasteiger partial charge in [-0.2, -0.15) is 0 Å². The van der Waals surface area contributed by atoms with Crippen LogP contribution in [0.1, 0.15) is 52.4 Å². The molecule has 0 spiro atoms. The summed E-state index contributed by atoms with van der Waals surface area (Å²) in [4.78, 5) is 2.62. The van der Waals surface area contributed by atoms with Gasteiger partial charge in [0.1, 0.15) is 0 Å². The highest BCUT2D eigenvalue weighted by Crippen LogP contribution is 2.33. The van der Waals surface area contributed by atoms with Crippen molar-refractivity contribution in [2.75, 3.05) is 13.1 Å². The molecule has 1 aliphatic heterocycles. The molecule has 0 radical (unpaired) electrons. The van der Waals surface area contributed by atoms with Crippen LogP contribution in [-0.2, 0) is 0 Å². The molecule has 3 heteroatoms. The average molecular weight is 237 g/mol. The summed E-state index contributed by atoms with van der Waals surface area (Å²) in [5.41, 5.74) is 3.20. The first-order chi connectivity index (χ1) is 8.25. The van der Waals surface area contributed by atoms with Crippen LogP contribution in [0.15, 0.2) is 0 Å². The highest BCUT2D eigenvalue weighted by Gasteiger charge is 2.41. The molecular weight excluding hydrogens is 210 g/mol. The van der Waals surface area contributed by atoms with Crippen molar-refractivity contribution in [2.24, 2.45) is 5.84 Å². The van der Waals surface area contributed by atoms with E-state index < -0.39 is 0 Å². The topological polar surface area (TPSA) is 41.3 Å². The Balaban J connectivity index is 2.82. The molecule has 0 aromatic carbocycles. The number of nitrogens with zero attached hydrogens (tertiary/aromatic N) is 1. The van der Waals surface area contributed by atoms with Crippen LogP contribution in [0.25, 0.3) is 0 Å². The number of terminal acetylenes is 1. The third-order valence-corrected chi connectivity index (χ3v) is 4.39. The SMILES string of the molecule is C#CCCC(NN)C(CC)(CC)N1CCCC1. The van der Waals surface area contributed by atoms with E-state index >= 15 is 0 Å². The van der Waals surface area contributed by atoms with Gasteiger partial charge in [0.05, 0.1) is 0 Å². The molecule has 0 amide bonds. The first-order valence-corrected chi connectivity index (χ1v) is 6.89. The molecule has 17 heavy (non-hydrogen) atoms. The molecule has 0 aliphatic carbocycles. The number of hydrogen-bond acceptors (Lipinski definition) is 3. The van der Waals surface area contributed by atoms with Gasteiger partial charge in [0.25, 0.3) is 0 Å². The maximum absolute atomic E-state index is 5.77. The maximum atomic E-state index is 5.77. The van der Waals surface area contributed by atoms with E-state index in [4.69, 9.17) is 12.3 Å². The van der Waals surface area contributed by atoms with Crippen LogP contribution in [0.4, 0.5) is 0 Å². The monoisotopic (exact) mass is 237 g/mol. The van der Waals surface area contributed by atoms with E-state index in [1.807, 2.05) is 0 Å². The zero-order valence-electron chi connectivity index (χ0n) is 11.3. The van der Waals surface area contributed by atoms with Gasteiger partial charge in [-0.3, -0.25) is 16.2 Å². The van der Waals surface area contributed by atoms with Gasteiger partial charge in [0.2, 0.25) is 0 Å². The van der Waals surface area contributed by atoms with Crippen LogP contribution in [0.3, 0.4) is 0 Å². The van der Waals surface area contributed by atoms with Crippen molar-refractivity contribution in [3.63, 3.8) is 0 Å². The van der Waals surface area contributed by atoms with Gasteiger partial charge in [-0.05, 0) is 45.2 Å². The number of nitrogens with two attached hydrogens (primary N) is 1. The zero-order chi connectivity index (χ0) is 12.7. The van der Waals surface area contributed by atoms with E-state index in [-0.39, 0.29) is 5.54 Å². The maximum Gasteiger partial charge on any atom is 0.0403 e. The average Bonchev–Trinajstić information content (AvgIpc) is 2.89. The molecular formula is C14H27N3. The molecule has 0 bridgehead atoms. The van der Waals surface area contributed by atoms with Gasteiger partial charge in [0.15, 0.2) is 0 Å². The quantitative estimate of drug-likeness (QED) is 0.403. The largest absolute Gasteiger partial charge is 0.296 e. The minimum absolute atomic E-state index is 0.183. The van der Waals surface area contributed by atoms with Crippen molar-refractivity contribution in [1.82, 2.24) is 10.3 Å². The molecule has 1 saturated heterocycles. The predicted molar refractivity (Wildman–Crippen MR) is 73.3 cm³/mol. The van der Waals surface area contributed by atoms with E-state index in [1.165, 1.54) is 25.9 Å². The summed E-state index contributed by atoms with van der Waals surface area (Å²) in [6.45, 7) is 6.94. The van der Waals surface area contributed by atoms with Crippen molar-refractivity contribution in [3.05, 3.63) is 0 Å². The number of rotatable bonds is 7. The van der Waals surface area contributed by atoms with Crippen LogP contribution in [0.2, 0.25) is 0 Å². The van der Waals surface area contributed by atoms with Crippen molar-refractivity contribution in [3.8, 4) is 12.3 Å². The molecule has 1 aliphatic rings. The molecule has 1 fully saturated rings. The van der Waals surface area contributed by atoms with E-state index in [0.717, 1.165) is 25.7 Å². The van der Waals surface area contributed by atoms with Gasteiger partial charge in [-0.1, -0.05) is 13.8 Å². The van der Waals surface area contributed by atoms with E-state index in [2.05, 4.69) is 30.1 Å². The molecule has 1 rings (SSSR count). The number of hydrazine groups is 1. The second kappa shape index (κ2) is 7.00. The fraction of sp³-hybridized carbons (Fsp3) is 0.857. The Kier molecular flexibility index (Phi) is 5.97. The molecule has 0 saturated carbocycles. The van der Waals surface area contributed by atoms with Crippen LogP contribution in [0, 0.1) is 12.3 Å². The van der Waals surface area contributed by atoms with Gasteiger partial charge in [-0.15, -0.1) is 12.3 Å². The van der Waals surface area contributed by atoms with Gasteiger partial charge in [0, 0.05) is 18.0 Å². The normalized spacial score (nSPS) is 19.2. The fourth-order valence-electron chi connectivity index (χ4n) is 3.31. The van der Waals surface area contributed by atoms with Crippen molar-refractivity contribution in [2.45, 2.75) is 64.0 Å².